The van der Waals surface area contributed by atoms with E-state index in [-0.39, 0.29) is 11.7 Å². The Bertz CT molecular complexity index is 1060. The molecule has 2 aromatic rings. The fourth-order valence-electron chi connectivity index (χ4n) is 4.29. The maximum Gasteiger partial charge on any atom is 0.259 e. The van der Waals surface area contributed by atoms with Crippen molar-refractivity contribution in [2.75, 3.05) is 5.73 Å². The molecule has 0 spiro atoms. The van der Waals surface area contributed by atoms with Crippen LogP contribution in [0.3, 0.4) is 0 Å². The highest BCUT2D eigenvalue weighted by molar-refractivity contribution is 6.05. The number of likely N-dealkylation sites (tertiary alicyclic amines) is 1. The second-order valence-corrected chi connectivity index (χ2v) is 7.23. The van der Waals surface area contributed by atoms with Gasteiger partial charge in [-0.05, 0) is 67.8 Å². The van der Waals surface area contributed by atoms with Gasteiger partial charge in [-0.25, -0.2) is 0 Å². The fraction of sp³-hybridized carbons (Fsp3) is 0.258. The van der Waals surface area contributed by atoms with Crippen molar-refractivity contribution in [2.45, 2.75) is 54.0 Å². The zero-order valence-corrected chi connectivity index (χ0v) is 22.2. The Labute approximate surface area is 211 Å². The molecule has 0 radical (unpaired) electrons. The van der Waals surface area contributed by atoms with Crippen LogP contribution in [0.4, 0.5) is 5.69 Å². The molecule has 1 saturated heterocycles. The predicted octanol–water partition coefficient (Wildman–Crippen LogP) is 7.65. The molecule has 2 aromatic carbocycles. The van der Waals surface area contributed by atoms with Gasteiger partial charge in [-0.3, -0.25) is 9.69 Å². The Morgan fingerprint density at radius 3 is 1.86 bits per heavy atom. The van der Waals surface area contributed by atoms with Crippen molar-refractivity contribution in [1.29, 1.82) is 0 Å². The second-order valence-electron chi connectivity index (χ2n) is 7.23. The van der Waals surface area contributed by atoms with Gasteiger partial charge in [-0.1, -0.05) is 88.9 Å². The number of carbonyl (C=O) groups excluding carboxylic acids is 1. The van der Waals surface area contributed by atoms with Crippen LogP contribution in [0, 0.1) is 0 Å². The second kappa shape index (κ2) is 13.8. The number of phenols is 1. The van der Waals surface area contributed by atoms with E-state index in [2.05, 4.69) is 6.58 Å². The Morgan fingerprint density at radius 1 is 0.914 bits per heavy atom. The Kier molecular flexibility index (Phi) is 11.5. The van der Waals surface area contributed by atoms with Crippen molar-refractivity contribution in [3.63, 3.8) is 0 Å². The van der Waals surface area contributed by atoms with Gasteiger partial charge in [0.1, 0.15) is 11.3 Å². The summed E-state index contributed by atoms with van der Waals surface area (Å²) < 4.78 is 0. The van der Waals surface area contributed by atoms with Crippen LogP contribution in [-0.2, 0) is 10.3 Å². The first-order valence-electron chi connectivity index (χ1n) is 12.2. The molecule has 0 aromatic heterocycles. The zero-order valence-electron chi connectivity index (χ0n) is 22.2. The third kappa shape index (κ3) is 5.48. The van der Waals surface area contributed by atoms with Crippen LogP contribution in [-0.4, -0.2) is 15.9 Å². The number of carbonyl (C=O) groups is 1. The van der Waals surface area contributed by atoms with E-state index >= 15 is 0 Å². The molecule has 186 valence electrons. The van der Waals surface area contributed by atoms with Crippen LogP contribution in [0.25, 0.3) is 0 Å². The SMILES string of the molecule is C=C/C=C\C(=C/C)N1C(=O)C(=C/C)/C(=C\C)C1(c1ccc(N)cc1)c1ccc(O)cc1.CC.CC. The molecule has 1 heterocycles. The van der Waals surface area contributed by atoms with Crippen LogP contribution < -0.4 is 5.73 Å². The maximum atomic E-state index is 13.8. The van der Waals surface area contributed by atoms with Gasteiger partial charge >= 0.3 is 0 Å². The minimum atomic E-state index is -0.928. The first-order valence-corrected chi connectivity index (χ1v) is 12.2. The standard InChI is InChI=1S/C27H28N2O2.2C2H6/c1-5-9-10-22(6-2)29-26(31)24(7-3)25(8-4)27(29,19-11-15-21(28)16-12-19)20-13-17-23(30)18-14-20;2*1-2/h5-18,30H,1,28H2,2-4H3;2*1-2H3/b10-9-,22-6+,24-7+,25-8+;;. The van der Waals surface area contributed by atoms with E-state index in [9.17, 15) is 9.90 Å². The summed E-state index contributed by atoms with van der Waals surface area (Å²) in [5.74, 6) is 0.0699. The van der Waals surface area contributed by atoms with Crippen LogP contribution in [0.5, 0.6) is 5.75 Å². The van der Waals surface area contributed by atoms with Crippen molar-refractivity contribution in [3.8, 4) is 5.75 Å². The molecule has 1 amide bonds. The largest absolute Gasteiger partial charge is 0.508 e. The molecule has 1 fully saturated rings. The molecule has 4 nitrogen and oxygen atoms in total. The van der Waals surface area contributed by atoms with Crippen LogP contribution in [0.1, 0.15) is 59.6 Å². The Hall–Kier alpha value is -3.79. The van der Waals surface area contributed by atoms with Crippen molar-refractivity contribution in [2.24, 2.45) is 0 Å². The van der Waals surface area contributed by atoms with Gasteiger partial charge in [-0.2, -0.15) is 0 Å². The van der Waals surface area contributed by atoms with E-state index < -0.39 is 5.54 Å². The molecule has 1 atom stereocenters. The third-order valence-electron chi connectivity index (χ3n) is 5.60. The summed E-state index contributed by atoms with van der Waals surface area (Å²) in [7, 11) is 0. The Morgan fingerprint density at radius 2 is 1.43 bits per heavy atom. The molecule has 0 bridgehead atoms. The molecule has 1 unspecified atom stereocenters. The van der Waals surface area contributed by atoms with E-state index in [1.807, 2.05) is 120 Å². The van der Waals surface area contributed by atoms with Crippen molar-refractivity contribution < 1.29 is 9.90 Å². The molecule has 1 aliphatic rings. The number of nitrogens with zero attached hydrogens (tertiary/aromatic N) is 1. The van der Waals surface area contributed by atoms with Gasteiger partial charge in [0.15, 0.2) is 0 Å². The van der Waals surface area contributed by atoms with E-state index in [4.69, 9.17) is 5.73 Å². The normalized spacial score (nSPS) is 19.9. The molecule has 0 aliphatic carbocycles. The summed E-state index contributed by atoms with van der Waals surface area (Å²) in [6, 6.07) is 14.6. The van der Waals surface area contributed by atoms with Crippen LogP contribution in [0.15, 0.2) is 108 Å². The lowest BCUT2D eigenvalue weighted by Gasteiger charge is -2.41. The summed E-state index contributed by atoms with van der Waals surface area (Å²) in [4.78, 5) is 15.6. The van der Waals surface area contributed by atoms with Crippen LogP contribution in [0.2, 0.25) is 0 Å². The smallest absolute Gasteiger partial charge is 0.259 e. The number of anilines is 1. The number of nitrogen functional groups attached to an aromatic ring is 1. The highest BCUT2D eigenvalue weighted by Crippen LogP contribution is 2.53. The van der Waals surface area contributed by atoms with Gasteiger partial charge in [0, 0.05) is 17.0 Å². The number of nitrogens with two attached hydrogens (primary N) is 1. The summed E-state index contributed by atoms with van der Waals surface area (Å²) in [5, 5.41) is 9.94. The summed E-state index contributed by atoms with van der Waals surface area (Å²) in [6.45, 7) is 17.5. The summed E-state index contributed by atoms with van der Waals surface area (Å²) in [5.41, 5.74) is 9.72. The van der Waals surface area contributed by atoms with E-state index in [0.29, 0.717) is 11.3 Å². The van der Waals surface area contributed by atoms with E-state index in [1.54, 1.807) is 18.2 Å². The number of rotatable bonds is 5. The topological polar surface area (TPSA) is 66.6 Å². The lowest BCUT2D eigenvalue weighted by atomic mass is 9.75. The van der Waals surface area contributed by atoms with Crippen LogP contribution >= 0.6 is 0 Å². The third-order valence-corrected chi connectivity index (χ3v) is 5.60. The van der Waals surface area contributed by atoms with Crippen molar-refractivity contribution in [3.05, 3.63) is 120 Å². The van der Waals surface area contributed by atoms with E-state index in [0.717, 1.165) is 22.4 Å². The van der Waals surface area contributed by atoms with Gasteiger partial charge < -0.3 is 10.8 Å². The monoisotopic (exact) mass is 472 g/mol. The highest BCUT2D eigenvalue weighted by atomic mass is 16.3. The first-order chi connectivity index (χ1) is 16.9. The average Bonchev–Trinajstić information content (AvgIpc) is 3.16. The number of allylic oxidation sites excluding steroid dienone is 6. The molecule has 0 saturated carbocycles. The number of hydrogen-bond donors (Lipinski definition) is 2. The van der Waals surface area contributed by atoms with Gasteiger partial charge in [0.2, 0.25) is 0 Å². The number of hydrogen-bond acceptors (Lipinski definition) is 3. The lowest BCUT2D eigenvalue weighted by Crippen LogP contribution is -2.44. The maximum absolute atomic E-state index is 13.8. The van der Waals surface area contributed by atoms with Gasteiger partial charge in [0.25, 0.3) is 5.91 Å². The lowest BCUT2D eigenvalue weighted by molar-refractivity contribution is -0.125. The quantitative estimate of drug-likeness (QED) is 0.267. The molecule has 3 rings (SSSR count). The number of benzene rings is 2. The van der Waals surface area contributed by atoms with E-state index in [1.165, 1.54) is 0 Å². The number of phenolic OH excluding ortho intramolecular Hbond substituents is 1. The Balaban J connectivity index is 0.00000145. The zero-order chi connectivity index (χ0) is 26.6. The minimum Gasteiger partial charge on any atom is -0.508 e. The van der Waals surface area contributed by atoms with Crippen molar-refractivity contribution in [1.82, 2.24) is 4.90 Å². The molecule has 35 heavy (non-hydrogen) atoms. The number of aromatic hydroxyl groups is 1. The average molecular weight is 473 g/mol. The number of amides is 1. The van der Waals surface area contributed by atoms with Crippen molar-refractivity contribution >= 4 is 11.6 Å². The molecular weight excluding hydrogens is 432 g/mol. The minimum absolute atomic E-state index is 0.0951. The first kappa shape index (κ1) is 29.2. The fourth-order valence-corrected chi connectivity index (χ4v) is 4.29. The molecule has 3 N–H and O–H groups in total. The van der Waals surface area contributed by atoms with Gasteiger partial charge in [-0.15, -0.1) is 0 Å². The molecule has 1 aliphatic heterocycles. The highest BCUT2D eigenvalue weighted by Gasteiger charge is 2.54. The molecular formula is C31H40N2O2. The summed E-state index contributed by atoms with van der Waals surface area (Å²) in [6.07, 6.45) is 11.1. The predicted molar refractivity (Wildman–Crippen MR) is 150 cm³/mol. The van der Waals surface area contributed by atoms with Gasteiger partial charge in [0.05, 0.1) is 0 Å². The molecule has 4 heteroatoms. The summed E-state index contributed by atoms with van der Waals surface area (Å²) >= 11 is 0.